The van der Waals surface area contributed by atoms with Gasteiger partial charge >= 0.3 is 12.3 Å². The number of hydrogen-bond acceptors (Lipinski definition) is 4. The number of pyridine rings is 1. The van der Waals surface area contributed by atoms with Crippen molar-refractivity contribution in [3.05, 3.63) is 24.4 Å². The summed E-state index contributed by atoms with van der Waals surface area (Å²) in [5.41, 5.74) is 4.41. The van der Waals surface area contributed by atoms with Gasteiger partial charge in [-0.05, 0) is 12.1 Å². The number of alkyl halides is 3. The van der Waals surface area contributed by atoms with Gasteiger partial charge in [-0.25, -0.2) is 9.78 Å². The number of carbonyl (C=O) groups is 1. The molecule has 1 aromatic rings. The monoisotopic (exact) mass is 269 g/mol. The molecule has 0 saturated heterocycles. The lowest BCUT2D eigenvalue weighted by Crippen LogP contribution is -2.49. The van der Waals surface area contributed by atoms with Crippen LogP contribution in [0.15, 0.2) is 29.4 Å². The van der Waals surface area contributed by atoms with E-state index in [4.69, 9.17) is 0 Å². The molecule has 0 atom stereocenters. The highest BCUT2D eigenvalue weighted by atomic mass is 32.2. The third-order valence-corrected chi connectivity index (χ3v) is 3.21. The highest BCUT2D eigenvalue weighted by Crippen LogP contribution is 2.27. The normalized spacial score (nSPS) is 12.2. The van der Waals surface area contributed by atoms with E-state index in [1.54, 1.807) is 0 Å². The molecule has 0 fully saturated rings. The molecule has 1 aromatic heterocycles. The van der Waals surface area contributed by atoms with Crippen LogP contribution in [0, 0.1) is 0 Å². The Morgan fingerprint density at radius 3 is 2.29 bits per heavy atom. The molecule has 94 valence electrons. The van der Waals surface area contributed by atoms with Crippen molar-refractivity contribution in [2.45, 2.75) is 11.3 Å². The van der Waals surface area contributed by atoms with Gasteiger partial charge in [0, 0.05) is 6.20 Å². The van der Waals surface area contributed by atoms with E-state index in [2.05, 4.69) is 10.7 Å². The number of rotatable bonds is 2. The van der Waals surface area contributed by atoms with Gasteiger partial charge in [0.05, 0.1) is 0 Å². The van der Waals surface area contributed by atoms with Crippen molar-refractivity contribution in [3.63, 3.8) is 0 Å². The van der Waals surface area contributed by atoms with E-state index < -0.39 is 31.7 Å². The SMILES string of the molecule is NC(=O)N(C(F)(F)F)S(=O)(=O)c1ccccn1. The molecule has 1 rings (SSSR count). The Bertz CT molecular complexity index is 514. The fourth-order valence-electron chi connectivity index (χ4n) is 0.973. The molecule has 0 radical (unpaired) electrons. The summed E-state index contributed by atoms with van der Waals surface area (Å²) in [6.45, 7) is 0. The van der Waals surface area contributed by atoms with Gasteiger partial charge in [-0.3, -0.25) is 0 Å². The molecule has 2 amide bonds. The van der Waals surface area contributed by atoms with Crippen LogP contribution < -0.4 is 5.73 Å². The Morgan fingerprint density at radius 1 is 1.35 bits per heavy atom. The number of nitrogens with zero attached hydrogens (tertiary/aromatic N) is 2. The first-order valence-corrected chi connectivity index (χ1v) is 5.44. The zero-order valence-electron chi connectivity index (χ0n) is 8.05. The van der Waals surface area contributed by atoms with Gasteiger partial charge in [0.1, 0.15) is 0 Å². The number of urea groups is 1. The number of halogens is 3. The summed E-state index contributed by atoms with van der Waals surface area (Å²) < 4.78 is 58.7. The smallest absolute Gasteiger partial charge is 0.350 e. The summed E-state index contributed by atoms with van der Waals surface area (Å²) in [5.74, 6) is 0. The molecular formula is C7H6F3N3O3S. The first kappa shape index (κ1) is 13.2. The van der Waals surface area contributed by atoms with E-state index in [0.29, 0.717) is 0 Å². The van der Waals surface area contributed by atoms with E-state index in [1.165, 1.54) is 6.07 Å². The second-order valence-electron chi connectivity index (χ2n) is 2.74. The second kappa shape index (κ2) is 4.20. The Hall–Kier alpha value is -1.84. The van der Waals surface area contributed by atoms with Gasteiger partial charge < -0.3 is 5.73 Å². The lowest BCUT2D eigenvalue weighted by molar-refractivity contribution is -0.191. The first-order chi connectivity index (χ1) is 7.67. The predicted octanol–water partition coefficient (Wildman–Crippen LogP) is 0.671. The lowest BCUT2D eigenvalue weighted by Gasteiger charge is -2.21. The number of sulfonamides is 1. The molecule has 0 saturated carbocycles. The van der Waals surface area contributed by atoms with Crippen molar-refractivity contribution in [2.75, 3.05) is 0 Å². The first-order valence-electron chi connectivity index (χ1n) is 4.00. The molecule has 10 heteroatoms. The Labute approximate surface area is 93.9 Å². The minimum Gasteiger partial charge on any atom is -0.350 e. The molecule has 0 spiro atoms. The van der Waals surface area contributed by atoms with Crippen molar-refractivity contribution in [1.82, 2.24) is 9.29 Å². The predicted molar refractivity (Wildman–Crippen MR) is 48.9 cm³/mol. The topological polar surface area (TPSA) is 93.4 Å². The van der Waals surface area contributed by atoms with Crippen LogP contribution in [0.2, 0.25) is 0 Å². The molecule has 0 aliphatic rings. The van der Waals surface area contributed by atoms with Crippen LogP contribution in [0.25, 0.3) is 0 Å². The Morgan fingerprint density at radius 2 is 1.94 bits per heavy atom. The number of primary amides is 1. The minimum atomic E-state index is -5.44. The molecule has 2 N–H and O–H groups in total. The number of hydrogen-bond donors (Lipinski definition) is 1. The van der Waals surface area contributed by atoms with Crippen molar-refractivity contribution in [1.29, 1.82) is 0 Å². The summed E-state index contributed by atoms with van der Waals surface area (Å²) in [5, 5.41) is -0.920. The molecule has 6 nitrogen and oxygen atoms in total. The largest absolute Gasteiger partial charge is 0.502 e. The van der Waals surface area contributed by atoms with E-state index in [0.717, 1.165) is 18.3 Å². The highest BCUT2D eigenvalue weighted by molar-refractivity contribution is 7.89. The Balaban J connectivity index is 3.35. The third-order valence-electron chi connectivity index (χ3n) is 1.57. The van der Waals surface area contributed by atoms with E-state index in [1.807, 2.05) is 0 Å². The van der Waals surface area contributed by atoms with Crippen LogP contribution >= 0.6 is 0 Å². The summed E-state index contributed by atoms with van der Waals surface area (Å²) in [7, 11) is -5.14. The molecular weight excluding hydrogens is 263 g/mol. The van der Waals surface area contributed by atoms with Crippen molar-refractivity contribution >= 4 is 16.1 Å². The van der Waals surface area contributed by atoms with Crippen LogP contribution in [0.4, 0.5) is 18.0 Å². The molecule has 0 unspecified atom stereocenters. The maximum absolute atomic E-state index is 12.4. The molecule has 0 aliphatic carbocycles. The quantitative estimate of drug-likeness (QED) is 0.798. The van der Waals surface area contributed by atoms with E-state index >= 15 is 0 Å². The van der Waals surface area contributed by atoms with Crippen molar-refractivity contribution < 1.29 is 26.4 Å². The number of amides is 2. The lowest BCUT2D eigenvalue weighted by atomic mass is 10.5. The van der Waals surface area contributed by atoms with Gasteiger partial charge in [-0.2, -0.15) is 8.42 Å². The fraction of sp³-hybridized carbons (Fsp3) is 0.143. The number of nitrogens with two attached hydrogens (primary N) is 1. The molecule has 1 heterocycles. The van der Waals surface area contributed by atoms with Crippen molar-refractivity contribution in [3.8, 4) is 0 Å². The highest BCUT2D eigenvalue weighted by Gasteiger charge is 2.49. The van der Waals surface area contributed by atoms with Crippen LogP contribution in [0.3, 0.4) is 0 Å². The average molecular weight is 269 g/mol. The summed E-state index contributed by atoms with van der Waals surface area (Å²) in [4.78, 5) is 13.8. The van der Waals surface area contributed by atoms with Crippen molar-refractivity contribution in [2.24, 2.45) is 5.73 Å². The standard InChI is InChI=1S/C7H6F3N3O3S/c8-7(9,10)13(6(11)14)17(15,16)5-3-1-2-4-12-5/h1-4H,(H2,11,14). The fourth-order valence-corrected chi connectivity index (χ4v) is 2.11. The van der Waals surface area contributed by atoms with Crippen LogP contribution in [-0.2, 0) is 10.0 Å². The number of carbonyl (C=O) groups excluding carboxylic acids is 1. The molecule has 0 bridgehead atoms. The number of aromatic nitrogens is 1. The maximum atomic E-state index is 12.4. The minimum absolute atomic E-state index is 0.816. The summed E-state index contributed by atoms with van der Waals surface area (Å²) >= 11 is 0. The second-order valence-corrected chi connectivity index (χ2v) is 4.48. The molecule has 17 heavy (non-hydrogen) atoms. The zero-order chi connectivity index (χ0) is 13.3. The van der Waals surface area contributed by atoms with Gasteiger partial charge in [0.15, 0.2) is 5.03 Å². The van der Waals surface area contributed by atoms with Gasteiger partial charge in [0.25, 0.3) is 10.0 Å². The maximum Gasteiger partial charge on any atom is 0.502 e. The zero-order valence-corrected chi connectivity index (χ0v) is 8.86. The molecule has 0 aliphatic heterocycles. The van der Waals surface area contributed by atoms with Gasteiger partial charge in [0.2, 0.25) is 0 Å². The van der Waals surface area contributed by atoms with Crippen LogP contribution in [-0.4, -0.2) is 30.0 Å². The van der Waals surface area contributed by atoms with Gasteiger partial charge in [-0.15, -0.1) is 17.5 Å². The van der Waals surface area contributed by atoms with Crippen LogP contribution in [0.1, 0.15) is 0 Å². The molecule has 0 aromatic carbocycles. The summed E-state index contributed by atoms with van der Waals surface area (Å²) in [6, 6.07) is 1.14. The third kappa shape index (κ3) is 2.64. The van der Waals surface area contributed by atoms with E-state index in [9.17, 15) is 26.4 Å². The average Bonchev–Trinajstić information content (AvgIpc) is 2.15. The summed E-state index contributed by atoms with van der Waals surface area (Å²) in [6.07, 6.45) is -4.47. The van der Waals surface area contributed by atoms with Crippen LogP contribution in [0.5, 0.6) is 0 Å². The van der Waals surface area contributed by atoms with E-state index in [-0.39, 0.29) is 0 Å². The Kier molecular flexibility index (Phi) is 3.27. The van der Waals surface area contributed by atoms with Gasteiger partial charge in [-0.1, -0.05) is 6.07 Å².